The predicted molar refractivity (Wildman–Crippen MR) is 141 cm³/mol. The maximum Gasteiger partial charge on any atom is 0.318 e. The minimum atomic E-state index is -1.03. The van der Waals surface area contributed by atoms with Gasteiger partial charge in [0.15, 0.2) is 0 Å². The summed E-state index contributed by atoms with van der Waals surface area (Å²) in [5, 5.41) is 39.4. The number of aryl methyl sites for hydroxylation is 1. The molecule has 39 heavy (non-hydrogen) atoms. The fourth-order valence-electron chi connectivity index (χ4n) is 4.76. The Bertz CT molecular complexity index is 1520. The summed E-state index contributed by atoms with van der Waals surface area (Å²) in [6, 6.07) is 11.8. The molecular formula is C26H23N5O7S. The number of nitro benzene ring substituents is 2. The van der Waals surface area contributed by atoms with Gasteiger partial charge >= 0.3 is 11.4 Å². The first-order valence-electron chi connectivity index (χ1n) is 12.1. The third-order valence-electron chi connectivity index (χ3n) is 6.76. The molecule has 1 fully saturated rings. The van der Waals surface area contributed by atoms with Gasteiger partial charge in [0.25, 0.3) is 5.75 Å². The van der Waals surface area contributed by atoms with Crippen molar-refractivity contribution in [2.75, 3.05) is 13.1 Å². The molecule has 200 valence electrons. The van der Waals surface area contributed by atoms with Crippen molar-refractivity contribution < 1.29 is 24.3 Å². The molecule has 1 aliphatic rings. The van der Waals surface area contributed by atoms with E-state index in [-0.39, 0.29) is 23.8 Å². The number of aromatic nitrogens is 2. The molecule has 3 heterocycles. The van der Waals surface area contributed by atoms with Crippen LogP contribution >= 0.6 is 11.3 Å². The zero-order valence-electron chi connectivity index (χ0n) is 20.8. The summed E-state index contributed by atoms with van der Waals surface area (Å²) >= 11 is 1.55. The number of benzene rings is 2. The van der Waals surface area contributed by atoms with Crippen molar-refractivity contribution >= 4 is 28.6 Å². The van der Waals surface area contributed by atoms with Crippen LogP contribution in [0.25, 0.3) is 22.5 Å². The summed E-state index contributed by atoms with van der Waals surface area (Å²) in [6.07, 6.45) is 1.12. The first kappa shape index (κ1) is 26.0. The summed E-state index contributed by atoms with van der Waals surface area (Å²) in [4.78, 5) is 40.0. The number of hydrogen-bond donors (Lipinski definition) is 1. The Balaban J connectivity index is 1.26. The summed E-state index contributed by atoms with van der Waals surface area (Å²) in [7, 11) is 0. The molecule has 0 atom stereocenters. The molecule has 2 aromatic heterocycles. The highest BCUT2D eigenvalue weighted by Gasteiger charge is 2.30. The molecule has 1 amide bonds. The highest BCUT2D eigenvalue weighted by Crippen LogP contribution is 2.39. The van der Waals surface area contributed by atoms with E-state index in [9.17, 15) is 30.1 Å². The maximum atomic E-state index is 12.9. The van der Waals surface area contributed by atoms with Gasteiger partial charge in [-0.15, -0.1) is 11.3 Å². The van der Waals surface area contributed by atoms with Crippen molar-refractivity contribution in [1.29, 1.82) is 0 Å². The number of piperidine rings is 1. The lowest BCUT2D eigenvalue weighted by Crippen LogP contribution is -2.38. The molecule has 1 aliphatic heterocycles. The van der Waals surface area contributed by atoms with E-state index in [2.05, 4.69) is 5.16 Å². The van der Waals surface area contributed by atoms with Crippen LogP contribution in [-0.4, -0.2) is 49.0 Å². The molecule has 0 spiro atoms. The van der Waals surface area contributed by atoms with Gasteiger partial charge in [-0.3, -0.25) is 25.0 Å². The van der Waals surface area contributed by atoms with E-state index in [4.69, 9.17) is 9.51 Å². The summed E-state index contributed by atoms with van der Waals surface area (Å²) in [6.45, 7) is 2.78. The van der Waals surface area contributed by atoms with Gasteiger partial charge in [-0.2, -0.15) is 0 Å². The van der Waals surface area contributed by atoms with Crippen LogP contribution in [0.3, 0.4) is 0 Å². The van der Waals surface area contributed by atoms with E-state index in [0.29, 0.717) is 31.7 Å². The highest BCUT2D eigenvalue weighted by atomic mass is 32.1. The molecule has 0 radical (unpaired) electrons. The van der Waals surface area contributed by atoms with Crippen molar-refractivity contribution in [3.8, 4) is 28.3 Å². The van der Waals surface area contributed by atoms with Crippen LogP contribution in [0, 0.1) is 27.2 Å². The molecule has 12 nitrogen and oxygen atoms in total. The molecule has 0 unspecified atom stereocenters. The SMILES string of the molecule is Cc1onc(-c2ccccc2)c1-c1csc(C2CCN(C(=O)Cc3cc([N+](=O)[O-])c(O)c([N+](=O)[O-])c3)CC2)n1. The topological polar surface area (TPSA) is 166 Å². The highest BCUT2D eigenvalue weighted by molar-refractivity contribution is 7.10. The number of carbonyl (C=O) groups is 1. The Morgan fingerprint density at radius 1 is 1.13 bits per heavy atom. The minimum Gasteiger partial charge on any atom is -0.497 e. The molecule has 13 heteroatoms. The summed E-state index contributed by atoms with van der Waals surface area (Å²) in [5.41, 5.74) is 1.82. The van der Waals surface area contributed by atoms with Gasteiger partial charge in [0.1, 0.15) is 11.5 Å². The second kappa shape index (κ2) is 10.6. The molecule has 2 aromatic carbocycles. The van der Waals surface area contributed by atoms with E-state index >= 15 is 0 Å². The Morgan fingerprint density at radius 3 is 2.38 bits per heavy atom. The molecule has 0 saturated carbocycles. The molecule has 1 N–H and O–H groups in total. The van der Waals surface area contributed by atoms with Crippen LogP contribution in [0.1, 0.15) is 35.1 Å². The van der Waals surface area contributed by atoms with E-state index in [0.717, 1.165) is 39.7 Å². The van der Waals surface area contributed by atoms with Crippen LogP contribution in [-0.2, 0) is 11.2 Å². The summed E-state index contributed by atoms with van der Waals surface area (Å²) in [5.74, 6) is -0.484. The van der Waals surface area contributed by atoms with E-state index < -0.39 is 27.0 Å². The lowest BCUT2D eigenvalue weighted by molar-refractivity contribution is -0.396. The van der Waals surface area contributed by atoms with Gasteiger partial charge < -0.3 is 14.5 Å². The quantitative estimate of drug-likeness (QED) is 0.239. The number of hydrogen-bond acceptors (Lipinski definition) is 10. The molecule has 4 aromatic rings. The van der Waals surface area contributed by atoms with Crippen LogP contribution in [0.2, 0.25) is 0 Å². The molecular weight excluding hydrogens is 526 g/mol. The normalized spacial score (nSPS) is 13.9. The number of aromatic hydroxyl groups is 1. The Morgan fingerprint density at radius 2 is 1.77 bits per heavy atom. The smallest absolute Gasteiger partial charge is 0.318 e. The third-order valence-corrected chi connectivity index (χ3v) is 7.77. The first-order chi connectivity index (χ1) is 18.7. The number of likely N-dealkylation sites (tertiary alicyclic amines) is 1. The molecule has 5 rings (SSSR count). The molecule has 1 saturated heterocycles. The standard InChI is InChI=1S/C26H23N5O7S/c1-15-23(24(28-38-15)17-5-3-2-4-6-17)19-14-39-26(27-19)18-7-9-29(10-8-18)22(32)13-16-11-20(30(34)35)25(33)21(12-16)31(36)37/h2-6,11-12,14,18,33H,7-10,13H2,1H3. The van der Waals surface area contributed by atoms with Crippen LogP contribution in [0.5, 0.6) is 5.75 Å². The zero-order valence-corrected chi connectivity index (χ0v) is 21.6. The predicted octanol–water partition coefficient (Wildman–Crippen LogP) is 5.24. The largest absolute Gasteiger partial charge is 0.497 e. The lowest BCUT2D eigenvalue weighted by Gasteiger charge is -2.31. The van der Waals surface area contributed by atoms with E-state index in [1.165, 1.54) is 0 Å². The fourth-order valence-corrected chi connectivity index (χ4v) is 5.74. The van der Waals surface area contributed by atoms with Gasteiger partial charge in [0.2, 0.25) is 5.91 Å². The number of amides is 1. The lowest BCUT2D eigenvalue weighted by atomic mass is 9.96. The van der Waals surface area contributed by atoms with Gasteiger partial charge in [-0.25, -0.2) is 4.98 Å². The van der Waals surface area contributed by atoms with Crippen molar-refractivity contribution in [2.24, 2.45) is 0 Å². The second-order valence-electron chi connectivity index (χ2n) is 9.23. The van der Waals surface area contributed by atoms with Gasteiger partial charge in [-0.05, 0) is 25.3 Å². The fraction of sp³-hybridized carbons (Fsp3) is 0.269. The van der Waals surface area contributed by atoms with Crippen LogP contribution in [0.4, 0.5) is 11.4 Å². The average Bonchev–Trinajstić information content (AvgIpc) is 3.56. The Labute approximate surface area is 225 Å². The maximum absolute atomic E-state index is 12.9. The number of nitro groups is 2. The van der Waals surface area contributed by atoms with E-state index in [1.54, 1.807) is 16.2 Å². The van der Waals surface area contributed by atoms with E-state index in [1.807, 2.05) is 42.6 Å². The van der Waals surface area contributed by atoms with Gasteiger partial charge in [0.05, 0.1) is 32.5 Å². The van der Waals surface area contributed by atoms with Crippen molar-refractivity contribution in [1.82, 2.24) is 15.0 Å². The minimum absolute atomic E-state index is 0.0983. The number of rotatable bonds is 7. The Kier molecular flexibility index (Phi) is 7.07. The van der Waals surface area contributed by atoms with Crippen molar-refractivity contribution in [3.05, 3.63) is 84.4 Å². The monoisotopic (exact) mass is 549 g/mol. The van der Waals surface area contributed by atoms with Gasteiger partial charge in [-0.1, -0.05) is 35.5 Å². The average molecular weight is 550 g/mol. The third kappa shape index (κ3) is 5.21. The second-order valence-corrected chi connectivity index (χ2v) is 10.1. The number of phenolic OH excluding ortho intramolecular Hbond substituents is 1. The van der Waals surface area contributed by atoms with Crippen LogP contribution < -0.4 is 0 Å². The zero-order chi connectivity index (χ0) is 27.7. The molecule has 0 bridgehead atoms. The van der Waals surface area contributed by atoms with Crippen LogP contribution in [0.15, 0.2) is 52.4 Å². The molecule has 0 aliphatic carbocycles. The summed E-state index contributed by atoms with van der Waals surface area (Å²) < 4.78 is 5.48. The number of carbonyl (C=O) groups excluding carboxylic acids is 1. The number of phenols is 1. The van der Waals surface area contributed by atoms with Crippen molar-refractivity contribution in [3.63, 3.8) is 0 Å². The number of nitrogens with zero attached hydrogens (tertiary/aromatic N) is 5. The van der Waals surface area contributed by atoms with Gasteiger partial charge in [0, 0.05) is 42.1 Å². The first-order valence-corrected chi connectivity index (χ1v) is 13.0. The Hall–Kier alpha value is -4.65. The van der Waals surface area contributed by atoms with Crippen molar-refractivity contribution in [2.45, 2.75) is 32.1 Å². The number of thiazole rings is 1.